The van der Waals surface area contributed by atoms with E-state index in [9.17, 15) is 4.79 Å². The van der Waals surface area contributed by atoms with Gasteiger partial charge in [-0.2, -0.15) is 0 Å². The van der Waals surface area contributed by atoms with Gasteiger partial charge in [0.1, 0.15) is 11.6 Å². The van der Waals surface area contributed by atoms with Crippen molar-refractivity contribution in [2.24, 2.45) is 0 Å². The van der Waals surface area contributed by atoms with Gasteiger partial charge >= 0.3 is 0 Å². The van der Waals surface area contributed by atoms with Crippen molar-refractivity contribution >= 4 is 22.6 Å². The molecule has 2 aromatic heterocycles. The lowest BCUT2D eigenvalue weighted by Crippen LogP contribution is -2.15. The van der Waals surface area contributed by atoms with E-state index in [0.29, 0.717) is 17.1 Å². The number of carbonyl (C=O) groups excluding carboxylic acids is 1. The van der Waals surface area contributed by atoms with Gasteiger partial charge in [0.15, 0.2) is 0 Å². The standard InChI is InChI=1S/C18H17N3O2/c1-11-5-4-6-17(19-11)21-18(22)15-10-13-9-14(23-3)7-8-16(13)20-12(15)2/h4-10H,1-3H3,(H,19,21,22). The molecule has 116 valence electrons. The van der Waals surface area contributed by atoms with E-state index in [1.54, 1.807) is 13.2 Å². The molecule has 5 heteroatoms. The molecule has 0 spiro atoms. The summed E-state index contributed by atoms with van der Waals surface area (Å²) in [5, 5.41) is 3.67. The molecule has 1 amide bonds. The Balaban J connectivity index is 1.97. The highest BCUT2D eigenvalue weighted by atomic mass is 16.5. The second kappa shape index (κ2) is 6.04. The van der Waals surface area contributed by atoms with Gasteiger partial charge in [-0.3, -0.25) is 9.78 Å². The molecule has 23 heavy (non-hydrogen) atoms. The van der Waals surface area contributed by atoms with E-state index in [-0.39, 0.29) is 5.91 Å². The molecule has 3 rings (SSSR count). The maximum atomic E-state index is 12.5. The Morgan fingerprint density at radius 1 is 1.09 bits per heavy atom. The maximum absolute atomic E-state index is 12.5. The molecule has 3 aromatic rings. The number of fused-ring (bicyclic) bond motifs is 1. The van der Waals surface area contributed by atoms with Crippen LogP contribution in [0.25, 0.3) is 10.9 Å². The minimum absolute atomic E-state index is 0.224. The monoisotopic (exact) mass is 307 g/mol. The first-order valence-corrected chi connectivity index (χ1v) is 7.27. The molecule has 2 heterocycles. The maximum Gasteiger partial charge on any atom is 0.258 e. The molecule has 0 saturated heterocycles. The van der Waals surface area contributed by atoms with E-state index < -0.39 is 0 Å². The average molecular weight is 307 g/mol. The number of methoxy groups -OCH3 is 1. The van der Waals surface area contributed by atoms with Gasteiger partial charge in [-0.1, -0.05) is 6.07 Å². The molecule has 0 aliphatic rings. The van der Waals surface area contributed by atoms with Crippen LogP contribution in [-0.4, -0.2) is 23.0 Å². The van der Waals surface area contributed by atoms with Crippen molar-refractivity contribution in [1.82, 2.24) is 9.97 Å². The third kappa shape index (κ3) is 3.13. The first kappa shape index (κ1) is 15.0. The number of amides is 1. The summed E-state index contributed by atoms with van der Waals surface area (Å²) in [6.45, 7) is 3.70. The van der Waals surface area contributed by atoms with Crippen molar-refractivity contribution in [2.45, 2.75) is 13.8 Å². The molecule has 0 atom stereocenters. The number of anilines is 1. The number of nitrogens with zero attached hydrogens (tertiary/aromatic N) is 2. The predicted molar refractivity (Wildman–Crippen MR) is 90.0 cm³/mol. The van der Waals surface area contributed by atoms with Crippen LogP contribution < -0.4 is 10.1 Å². The second-order valence-corrected chi connectivity index (χ2v) is 5.30. The SMILES string of the molecule is COc1ccc2nc(C)c(C(=O)Nc3cccc(C)n3)cc2c1. The molecule has 0 radical (unpaired) electrons. The Bertz CT molecular complexity index is 891. The Kier molecular flexibility index (Phi) is 3.93. The zero-order valence-electron chi connectivity index (χ0n) is 13.3. The summed E-state index contributed by atoms with van der Waals surface area (Å²) in [4.78, 5) is 21.3. The van der Waals surface area contributed by atoms with Crippen LogP contribution in [0.5, 0.6) is 5.75 Å². The quantitative estimate of drug-likeness (QED) is 0.804. The number of hydrogen-bond donors (Lipinski definition) is 1. The largest absolute Gasteiger partial charge is 0.497 e. The minimum atomic E-state index is -0.224. The van der Waals surface area contributed by atoms with Crippen LogP contribution in [-0.2, 0) is 0 Å². The van der Waals surface area contributed by atoms with Crippen LogP contribution in [0.1, 0.15) is 21.7 Å². The molecule has 0 bridgehead atoms. The Morgan fingerprint density at radius 3 is 2.65 bits per heavy atom. The minimum Gasteiger partial charge on any atom is -0.497 e. The molecule has 0 unspecified atom stereocenters. The van der Waals surface area contributed by atoms with E-state index in [1.807, 2.05) is 50.2 Å². The molecule has 0 fully saturated rings. The molecule has 0 saturated carbocycles. The fraction of sp³-hybridized carbons (Fsp3) is 0.167. The van der Waals surface area contributed by atoms with Crippen LogP contribution in [0.15, 0.2) is 42.5 Å². The Labute approximate surface area is 134 Å². The van der Waals surface area contributed by atoms with Gasteiger partial charge in [-0.25, -0.2) is 4.98 Å². The summed E-state index contributed by atoms with van der Waals surface area (Å²) in [7, 11) is 1.61. The van der Waals surface area contributed by atoms with Crippen molar-refractivity contribution in [1.29, 1.82) is 0 Å². The first-order chi connectivity index (χ1) is 11.1. The number of ether oxygens (including phenoxy) is 1. The van der Waals surface area contributed by atoms with Crippen LogP contribution >= 0.6 is 0 Å². The third-order valence-corrected chi connectivity index (χ3v) is 3.59. The number of aromatic nitrogens is 2. The summed E-state index contributed by atoms with van der Waals surface area (Å²) in [5.41, 5.74) is 2.87. The molecule has 1 N–H and O–H groups in total. The zero-order chi connectivity index (χ0) is 16.4. The molecular formula is C18H17N3O2. The van der Waals surface area contributed by atoms with E-state index in [0.717, 1.165) is 22.3 Å². The number of pyridine rings is 2. The smallest absolute Gasteiger partial charge is 0.258 e. The molecule has 1 aromatic carbocycles. The average Bonchev–Trinajstić information content (AvgIpc) is 2.53. The number of hydrogen-bond acceptors (Lipinski definition) is 4. The zero-order valence-corrected chi connectivity index (χ0v) is 13.3. The lowest BCUT2D eigenvalue weighted by Gasteiger charge is -2.09. The van der Waals surface area contributed by atoms with Crippen LogP contribution in [0.3, 0.4) is 0 Å². The topological polar surface area (TPSA) is 64.1 Å². The highest BCUT2D eigenvalue weighted by Gasteiger charge is 2.13. The predicted octanol–water partition coefficient (Wildman–Crippen LogP) is 3.51. The lowest BCUT2D eigenvalue weighted by atomic mass is 10.1. The van der Waals surface area contributed by atoms with Crippen molar-refractivity contribution in [3.8, 4) is 5.75 Å². The van der Waals surface area contributed by atoms with E-state index >= 15 is 0 Å². The summed E-state index contributed by atoms with van der Waals surface area (Å²) in [6.07, 6.45) is 0. The van der Waals surface area contributed by atoms with Crippen molar-refractivity contribution in [3.63, 3.8) is 0 Å². The summed E-state index contributed by atoms with van der Waals surface area (Å²) in [6, 6.07) is 12.9. The summed E-state index contributed by atoms with van der Waals surface area (Å²) in [5.74, 6) is 1.04. The molecular weight excluding hydrogens is 290 g/mol. The first-order valence-electron chi connectivity index (χ1n) is 7.27. The van der Waals surface area contributed by atoms with Crippen LogP contribution in [0.2, 0.25) is 0 Å². The number of benzene rings is 1. The van der Waals surface area contributed by atoms with E-state index in [2.05, 4.69) is 15.3 Å². The summed E-state index contributed by atoms with van der Waals surface area (Å²) < 4.78 is 5.22. The van der Waals surface area contributed by atoms with Crippen molar-refractivity contribution in [2.75, 3.05) is 12.4 Å². The fourth-order valence-corrected chi connectivity index (χ4v) is 2.40. The lowest BCUT2D eigenvalue weighted by molar-refractivity contribution is 0.102. The molecule has 0 aliphatic carbocycles. The molecule has 0 aliphatic heterocycles. The van der Waals surface area contributed by atoms with Gasteiger partial charge in [-0.05, 0) is 50.2 Å². The van der Waals surface area contributed by atoms with Gasteiger partial charge in [0, 0.05) is 11.1 Å². The second-order valence-electron chi connectivity index (χ2n) is 5.30. The normalized spacial score (nSPS) is 10.6. The van der Waals surface area contributed by atoms with Crippen molar-refractivity contribution < 1.29 is 9.53 Å². The highest BCUT2D eigenvalue weighted by molar-refractivity contribution is 6.06. The fourth-order valence-electron chi connectivity index (χ4n) is 2.40. The number of rotatable bonds is 3. The number of nitrogens with one attached hydrogen (secondary N) is 1. The number of aryl methyl sites for hydroxylation is 2. The number of carbonyl (C=O) groups is 1. The van der Waals surface area contributed by atoms with Gasteiger partial charge < -0.3 is 10.1 Å². The van der Waals surface area contributed by atoms with Gasteiger partial charge in [0.2, 0.25) is 0 Å². The summed E-state index contributed by atoms with van der Waals surface area (Å²) >= 11 is 0. The highest BCUT2D eigenvalue weighted by Crippen LogP contribution is 2.22. The van der Waals surface area contributed by atoms with E-state index in [4.69, 9.17) is 4.74 Å². The third-order valence-electron chi connectivity index (χ3n) is 3.59. The van der Waals surface area contributed by atoms with Gasteiger partial charge in [0.25, 0.3) is 5.91 Å². The Morgan fingerprint density at radius 2 is 1.91 bits per heavy atom. The van der Waals surface area contributed by atoms with Crippen molar-refractivity contribution in [3.05, 3.63) is 59.4 Å². The molecule has 5 nitrogen and oxygen atoms in total. The van der Waals surface area contributed by atoms with Gasteiger partial charge in [-0.15, -0.1) is 0 Å². The van der Waals surface area contributed by atoms with Crippen LogP contribution in [0.4, 0.5) is 5.82 Å². The van der Waals surface area contributed by atoms with Gasteiger partial charge in [0.05, 0.1) is 23.9 Å². The van der Waals surface area contributed by atoms with E-state index in [1.165, 1.54) is 0 Å². The van der Waals surface area contributed by atoms with Crippen LogP contribution in [0, 0.1) is 13.8 Å². The Hall–Kier alpha value is -2.95.